The number of fused-ring (bicyclic) bond motifs is 1. The van der Waals surface area contributed by atoms with Crippen LogP contribution in [0, 0.1) is 0 Å². The fourth-order valence-electron chi connectivity index (χ4n) is 1.88. The van der Waals surface area contributed by atoms with Gasteiger partial charge in [0.05, 0.1) is 18.6 Å². The van der Waals surface area contributed by atoms with E-state index in [2.05, 4.69) is 14.4 Å². The van der Waals surface area contributed by atoms with Gasteiger partial charge in [-0.2, -0.15) is 4.72 Å². The van der Waals surface area contributed by atoms with Crippen LogP contribution in [0.3, 0.4) is 0 Å². The highest BCUT2D eigenvalue weighted by atomic mass is 32.2. The number of carbonyl (C=O) groups is 1. The zero-order valence-corrected chi connectivity index (χ0v) is 12.0. The average molecular weight is 310 g/mol. The Kier molecular flexibility index (Phi) is 4.51. The highest BCUT2D eigenvalue weighted by molar-refractivity contribution is 7.89. The number of hydrogen-bond donors (Lipinski definition) is 2. The lowest BCUT2D eigenvalue weighted by Gasteiger charge is -2.15. The molecule has 0 spiro atoms. The van der Waals surface area contributed by atoms with E-state index in [1.807, 2.05) is 0 Å². The van der Waals surface area contributed by atoms with Crippen molar-refractivity contribution in [2.75, 3.05) is 13.7 Å². The first-order chi connectivity index (χ1) is 9.99. The third-order valence-corrected chi connectivity index (χ3v) is 4.43. The molecule has 2 rings (SSSR count). The lowest BCUT2D eigenvalue weighted by atomic mass is 10.2. The maximum atomic E-state index is 12.4. The summed E-state index contributed by atoms with van der Waals surface area (Å²) >= 11 is 0. The minimum Gasteiger partial charge on any atom is -0.468 e. The van der Waals surface area contributed by atoms with Gasteiger partial charge in [0.15, 0.2) is 0 Å². The Morgan fingerprint density at radius 3 is 2.86 bits per heavy atom. The van der Waals surface area contributed by atoms with E-state index >= 15 is 0 Å². The van der Waals surface area contributed by atoms with Gasteiger partial charge in [0.2, 0.25) is 10.0 Å². The minimum atomic E-state index is -3.99. The molecule has 0 fully saturated rings. The van der Waals surface area contributed by atoms with E-state index in [0.717, 1.165) is 7.11 Å². The van der Waals surface area contributed by atoms with Gasteiger partial charge in [-0.1, -0.05) is 12.1 Å². The molecule has 1 aromatic heterocycles. The molecule has 1 aromatic carbocycles. The average Bonchev–Trinajstić information content (AvgIpc) is 2.51. The van der Waals surface area contributed by atoms with E-state index in [1.165, 1.54) is 18.5 Å². The fraction of sp³-hybridized carbons (Fsp3) is 0.231. The minimum absolute atomic E-state index is 0.00440. The SMILES string of the molecule is COC(=O)C(CO)NS(=O)(=O)c1cccc2cnccc12. The number of pyridine rings is 1. The predicted octanol–water partition coefficient (Wildman–Crippen LogP) is 0.0470. The van der Waals surface area contributed by atoms with Crippen molar-refractivity contribution in [3.63, 3.8) is 0 Å². The third-order valence-electron chi connectivity index (χ3n) is 2.90. The Bertz CT molecular complexity index is 755. The van der Waals surface area contributed by atoms with Gasteiger partial charge in [-0.25, -0.2) is 8.42 Å². The van der Waals surface area contributed by atoms with E-state index in [4.69, 9.17) is 5.11 Å². The molecule has 0 saturated heterocycles. The lowest BCUT2D eigenvalue weighted by Crippen LogP contribution is -2.43. The van der Waals surface area contributed by atoms with Crippen LogP contribution in [-0.2, 0) is 19.6 Å². The van der Waals surface area contributed by atoms with E-state index < -0.39 is 28.6 Å². The van der Waals surface area contributed by atoms with Crippen molar-refractivity contribution in [2.24, 2.45) is 0 Å². The number of sulfonamides is 1. The molecule has 1 unspecified atom stereocenters. The number of benzene rings is 1. The molecule has 0 aliphatic rings. The number of nitrogens with one attached hydrogen (secondary N) is 1. The molecule has 112 valence electrons. The van der Waals surface area contributed by atoms with E-state index in [1.54, 1.807) is 18.2 Å². The van der Waals surface area contributed by atoms with Gasteiger partial charge in [0, 0.05) is 23.2 Å². The first kappa shape index (κ1) is 15.4. The number of hydrogen-bond acceptors (Lipinski definition) is 6. The molecule has 0 aliphatic heterocycles. The molecule has 2 N–H and O–H groups in total. The maximum absolute atomic E-state index is 12.4. The summed E-state index contributed by atoms with van der Waals surface area (Å²) in [5.41, 5.74) is 0. The first-order valence-corrected chi connectivity index (χ1v) is 7.51. The zero-order chi connectivity index (χ0) is 15.5. The summed E-state index contributed by atoms with van der Waals surface area (Å²) in [5.74, 6) is -0.858. The number of nitrogens with zero attached hydrogens (tertiary/aromatic N) is 1. The van der Waals surface area contributed by atoms with Gasteiger partial charge in [-0.15, -0.1) is 0 Å². The summed E-state index contributed by atoms with van der Waals surface area (Å²) in [4.78, 5) is 15.3. The van der Waals surface area contributed by atoms with Crippen LogP contribution >= 0.6 is 0 Å². The number of carbonyl (C=O) groups excluding carboxylic acids is 1. The Hall–Kier alpha value is -2.03. The lowest BCUT2D eigenvalue weighted by molar-refractivity contribution is -0.143. The van der Waals surface area contributed by atoms with Gasteiger partial charge < -0.3 is 9.84 Å². The van der Waals surface area contributed by atoms with Gasteiger partial charge >= 0.3 is 5.97 Å². The quantitative estimate of drug-likeness (QED) is 0.756. The normalized spacial score (nSPS) is 13.0. The standard InChI is InChI=1S/C13H14N2O5S/c1-20-13(17)11(8-16)15-21(18,19)12-4-2-3-9-7-14-6-5-10(9)12/h2-7,11,15-16H,8H2,1H3. The second-order valence-corrected chi connectivity index (χ2v) is 5.91. The van der Waals surface area contributed by atoms with Crippen molar-refractivity contribution >= 4 is 26.8 Å². The van der Waals surface area contributed by atoms with E-state index in [9.17, 15) is 13.2 Å². The van der Waals surface area contributed by atoms with Crippen LogP contribution in [0.5, 0.6) is 0 Å². The number of esters is 1. The summed E-state index contributed by atoms with van der Waals surface area (Å²) < 4.78 is 31.3. The number of aliphatic hydroxyl groups excluding tert-OH is 1. The number of aliphatic hydroxyl groups is 1. The molecule has 1 heterocycles. The fourth-order valence-corrected chi connectivity index (χ4v) is 3.29. The van der Waals surface area contributed by atoms with Crippen LogP contribution in [0.15, 0.2) is 41.6 Å². The zero-order valence-electron chi connectivity index (χ0n) is 11.2. The van der Waals surface area contributed by atoms with Crippen molar-refractivity contribution in [3.05, 3.63) is 36.7 Å². The van der Waals surface area contributed by atoms with Crippen LogP contribution in [-0.4, -0.2) is 44.2 Å². The molecule has 0 aliphatic carbocycles. The smallest absolute Gasteiger partial charge is 0.326 e. The summed E-state index contributed by atoms with van der Waals surface area (Å²) in [6, 6.07) is 4.93. The van der Waals surface area contributed by atoms with Crippen LogP contribution in [0.1, 0.15) is 0 Å². The van der Waals surface area contributed by atoms with E-state index in [-0.39, 0.29) is 4.90 Å². The molecule has 0 amide bonds. The Morgan fingerprint density at radius 1 is 1.43 bits per heavy atom. The molecule has 21 heavy (non-hydrogen) atoms. The van der Waals surface area contributed by atoms with Crippen LogP contribution < -0.4 is 4.72 Å². The van der Waals surface area contributed by atoms with Gasteiger partial charge in [-0.05, 0) is 12.1 Å². The molecular formula is C13H14N2O5S. The summed E-state index contributed by atoms with van der Waals surface area (Å²) in [6.45, 7) is -0.696. The van der Waals surface area contributed by atoms with Crippen LogP contribution in [0.2, 0.25) is 0 Å². The second-order valence-electron chi connectivity index (χ2n) is 4.23. The van der Waals surface area contributed by atoms with Gasteiger partial charge in [0.25, 0.3) is 0 Å². The van der Waals surface area contributed by atoms with Crippen molar-refractivity contribution in [1.29, 1.82) is 0 Å². The van der Waals surface area contributed by atoms with Crippen molar-refractivity contribution < 1.29 is 23.1 Å². The highest BCUT2D eigenvalue weighted by Crippen LogP contribution is 2.22. The van der Waals surface area contributed by atoms with E-state index in [0.29, 0.717) is 10.8 Å². The highest BCUT2D eigenvalue weighted by Gasteiger charge is 2.26. The summed E-state index contributed by atoms with van der Waals surface area (Å²) in [5, 5.41) is 10.2. The topological polar surface area (TPSA) is 106 Å². The molecule has 0 saturated carbocycles. The number of aromatic nitrogens is 1. The second kappa shape index (κ2) is 6.17. The maximum Gasteiger partial charge on any atom is 0.326 e. The Morgan fingerprint density at radius 2 is 2.19 bits per heavy atom. The largest absolute Gasteiger partial charge is 0.468 e. The molecule has 2 aromatic rings. The van der Waals surface area contributed by atoms with Crippen molar-refractivity contribution in [3.8, 4) is 0 Å². The Labute approximate surface area is 121 Å². The van der Waals surface area contributed by atoms with Crippen molar-refractivity contribution in [1.82, 2.24) is 9.71 Å². The van der Waals surface area contributed by atoms with Gasteiger partial charge in [-0.3, -0.25) is 9.78 Å². The van der Waals surface area contributed by atoms with Crippen LogP contribution in [0.25, 0.3) is 10.8 Å². The number of ether oxygens (including phenoxy) is 1. The Balaban J connectivity index is 2.45. The van der Waals surface area contributed by atoms with Crippen molar-refractivity contribution in [2.45, 2.75) is 10.9 Å². The molecule has 0 bridgehead atoms. The number of methoxy groups -OCH3 is 1. The monoisotopic (exact) mass is 310 g/mol. The molecule has 1 atom stereocenters. The predicted molar refractivity (Wildman–Crippen MR) is 75.0 cm³/mol. The molecule has 0 radical (unpaired) electrons. The summed E-state index contributed by atoms with van der Waals surface area (Å²) in [6.07, 6.45) is 3.02. The molecular weight excluding hydrogens is 296 g/mol. The molecule has 7 nitrogen and oxygen atoms in total. The number of rotatable bonds is 5. The van der Waals surface area contributed by atoms with Gasteiger partial charge in [0.1, 0.15) is 6.04 Å². The summed E-state index contributed by atoms with van der Waals surface area (Å²) in [7, 11) is -2.88. The van der Waals surface area contributed by atoms with Crippen LogP contribution in [0.4, 0.5) is 0 Å². The molecule has 8 heteroatoms. The third kappa shape index (κ3) is 3.18. The first-order valence-electron chi connectivity index (χ1n) is 6.03.